The summed E-state index contributed by atoms with van der Waals surface area (Å²) < 4.78 is 0. The van der Waals surface area contributed by atoms with Gasteiger partial charge in [-0.15, -0.1) is 0 Å². The zero-order chi connectivity index (χ0) is 6.57. The van der Waals surface area contributed by atoms with Crippen LogP contribution in [-0.4, -0.2) is 18.7 Å². The molecule has 0 aromatic rings. The minimum atomic E-state index is -0.285. The molecule has 0 heterocycles. The van der Waals surface area contributed by atoms with E-state index in [0.717, 1.165) is 0 Å². The van der Waals surface area contributed by atoms with E-state index in [4.69, 9.17) is 5.41 Å². The number of rotatable bonds is 2. The summed E-state index contributed by atoms with van der Waals surface area (Å²) in [6, 6.07) is 0. The van der Waals surface area contributed by atoms with Crippen molar-refractivity contribution >= 4 is 11.6 Å². The molecule has 46 valence electrons. The predicted molar refractivity (Wildman–Crippen MR) is 32.1 cm³/mol. The van der Waals surface area contributed by atoms with Gasteiger partial charge in [0.1, 0.15) is 0 Å². The fourth-order valence-electron chi connectivity index (χ4n) is 0.311. The molecule has 0 aromatic carbocycles. The molecule has 0 saturated heterocycles. The summed E-state index contributed by atoms with van der Waals surface area (Å²) in [6.07, 6.45) is 0.500. The van der Waals surface area contributed by atoms with E-state index < -0.39 is 0 Å². The normalized spacial score (nSPS) is 8.25. The van der Waals surface area contributed by atoms with Gasteiger partial charge in [-0.05, 0) is 6.42 Å². The van der Waals surface area contributed by atoms with Crippen LogP contribution in [0.3, 0.4) is 0 Å². The number of nitrogens with one attached hydrogen (secondary N) is 2. The second kappa shape index (κ2) is 3.18. The Hall–Kier alpha value is -0.860. The van der Waals surface area contributed by atoms with Gasteiger partial charge in [0.2, 0.25) is 0 Å². The minimum Gasteiger partial charge on any atom is -0.354 e. The molecule has 8 heavy (non-hydrogen) atoms. The van der Waals surface area contributed by atoms with Crippen LogP contribution in [0.5, 0.6) is 0 Å². The number of carbonyl (C=O) groups is 1. The van der Waals surface area contributed by atoms with Crippen molar-refractivity contribution in [3.8, 4) is 0 Å². The van der Waals surface area contributed by atoms with E-state index >= 15 is 0 Å². The standard InChI is InChI=1S/C5H10N2O/c1-3-4(6)5(8)7-2/h6H,3H2,1-2H3,(H,7,8). The average Bonchev–Trinajstić information content (AvgIpc) is 1.84. The van der Waals surface area contributed by atoms with Crippen LogP contribution < -0.4 is 5.32 Å². The molecule has 0 aromatic heterocycles. The third-order valence-corrected chi connectivity index (χ3v) is 0.855. The molecule has 3 heteroatoms. The van der Waals surface area contributed by atoms with E-state index in [1.165, 1.54) is 7.05 Å². The Labute approximate surface area is 48.6 Å². The van der Waals surface area contributed by atoms with E-state index in [1.807, 2.05) is 0 Å². The van der Waals surface area contributed by atoms with Gasteiger partial charge in [-0.25, -0.2) is 0 Å². The van der Waals surface area contributed by atoms with Gasteiger partial charge in [-0.3, -0.25) is 10.2 Å². The number of amides is 1. The molecule has 0 fully saturated rings. The lowest BCUT2D eigenvalue weighted by Crippen LogP contribution is -2.25. The van der Waals surface area contributed by atoms with Crippen molar-refractivity contribution in [1.82, 2.24) is 5.32 Å². The maximum Gasteiger partial charge on any atom is 0.264 e. The van der Waals surface area contributed by atoms with E-state index in [1.54, 1.807) is 6.92 Å². The van der Waals surface area contributed by atoms with Crippen molar-refractivity contribution in [3.63, 3.8) is 0 Å². The molecule has 0 saturated carbocycles. The van der Waals surface area contributed by atoms with Gasteiger partial charge < -0.3 is 5.32 Å². The summed E-state index contributed by atoms with van der Waals surface area (Å²) in [5, 5.41) is 9.28. The highest BCUT2D eigenvalue weighted by atomic mass is 16.1. The van der Waals surface area contributed by atoms with Crippen LogP contribution in [0, 0.1) is 5.41 Å². The first-order valence-corrected chi connectivity index (χ1v) is 2.51. The monoisotopic (exact) mass is 114 g/mol. The van der Waals surface area contributed by atoms with Crippen LogP contribution >= 0.6 is 0 Å². The Bertz CT molecular complexity index is 95.0. The zero-order valence-electron chi connectivity index (χ0n) is 5.12. The highest BCUT2D eigenvalue weighted by Gasteiger charge is 2.00. The number of hydrogen-bond donors (Lipinski definition) is 2. The maximum atomic E-state index is 10.4. The summed E-state index contributed by atoms with van der Waals surface area (Å²) in [6.45, 7) is 1.78. The van der Waals surface area contributed by atoms with E-state index in [9.17, 15) is 4.79 Å². The number of carbonyl (C=O) groups excluding carboxylic acids is 1. The molecule has 0 atom stereocenters. The highest BCUT2D eigenvalue weighted by molar-refractivity contribution is 6.37. The molecule has 2 N–H and O–H groups in total. The van der Waals surface area contributed by atoms with Gasteiger partial charge in [0, 0.05) is 7.05 Å². The van der Waals surface area contributed by atoms with Crippen molar-refractivity contribution in [2.75, 3.05) is 7.05 Å². The van der Waals surface area contributed by atoms with E-state index in [-0.39, 0.29) is 11.6 Å². The Morgan fingerprint density at radius 3 is 2.38 bits per heavy atom. The van der Waals surface area contributed by atoms with E-state index in [0.29, 0.717) is 6.42 Å². The Morgan fingerprint density at radius 2 is 2.25 bits per heavy atom. The smallest absolute Gasteiger partial charge is 0.264 e. The topological polar surface area (TPSA) is 53.0 Å². The fraction of sp³-hybridized carbons (Fsp3) is 0.600. The zero-order valence-corrected chi connectivity index (χ0v) is 5.12. The van der Waals surface area contributed by atoms with Crippen LogP contribution in [0.2, 0.25) is 0 Å². The Kier molecular flexibility index (Phi) is 2.84. The lowest BCUT2D eigenvalue weighted by atomic mass is 10.3. The summed E-state index contributed by atoms with van der Waals surface area (Å²) in [7, 11) is 1.52. The first kappa shape index (κ1) is 7.14. The summed E-state index contributed by atoms with van der Waals surface area (Å²) >= 11 is 0. The quantitative estimate of drug-likeness (QED) is 0.494. The molecule has 0 radical (unpaired) electrons. The van der Waals surface area contributed by atoms with E-state index in [2.05, 4.69) is 5.32 Å². The fourth-order valence-corrected chi connectivity index (χ4v) is 0.311. The molecular weight excluding hydrogens is 104 g/mol. The lowest BCUT2D eigenvalue weighted by molar-refractivity contribution is -0.114. The third-order valence-electron chi connectivity index (χ3n) is 0.855. The van der Waals surface area contributed by atoms with Crippen molar-refractivity contribution < 1.29 is 4.79 Å². The molecule has 1 amide bonds. The van der Waals surface area contributed by atoms with Crippen molar-refractivity contribution in [2.24, 2.45) is 0 Å². The average molecular weight is 114 g/mol. The van der Waals surface area contributed by atoms with Gasteiger partial charge >= 0.3 is 0 Å². The van der Waals surface area contributed by atoms with Crippen LogP contribution in [0.1, 0.15) is 13.3 Å². The number of hydrogen-bond acceptors (Lipinski definition) is 2. The van der Waals surface area contributed by atoms with Crippen LogP contribution in [0.25, 0.3) is 0 Å². The molecule has 0 bridgehead atoms. The molecule has 3 nitrogen and oxygen atoms in total. The largest absolute Gasteiger partial charge is 0.354 e. The van der Waals surface area contributed by atoms with Crippen LogP contribution in [0.4, 0.5) is 0 Å². The third kappa shape index (κ3) is 1.73. The first-order chi connectivity index (χ1) is 3.72. The Balaban J connectivity index is 3.64. The maximum absolute atomic E-state index is 10.4. The van der Waals surface area contributed by atoms with Gasteiger partial charge in [0.25, 0.3) is 5.91 Å². The minimum absolute atomic E-state index is 0.132. The van der Waals surface area contributed by atoms with Crippen molar-refractivity contribution in [2.45, 2.75) is 13.3 Å². The second-order valence-electron chi connectivity index (χ2n) is 1.41. The highest BCUT2D eigenvalue weighted by Crippen LogP contribution is 1.78. The molecule has 0 rings (SSSR count). The summed E-state index contributed by atoms with van der Waals surface area (Å²) in [5.41, 5.74) is 0.132. The molecular formula is C5H10N2O. The predicted octanol–water partition coefficient (Wildman–Crippen LogP) is 0.162. The van der Waals surface area contributed by atoms with Crippen LogP contribution in [-0.2, 0) is 4.79 Å². The second-order valence-corrected chi connectivity index (χ2v) is 1.41. The summed E-state index contributed by atoms with van der Waals surface area (Å²) in [5.74, 6) is -0.285. The summed E-state index contributed by atoms with van der Waals surface area (Å²) in [4.78, 5) is 10.4. The SMILES string of the molecule is CCC(=N)C(=O)NC. The molecule has 0 aliphatic rings. The lowest BCUT2D eigenvalue weighted by Gasteiger charge is -1.94. The molecule has 0 spiro atoms. The van der Waals surface area contributed by atoms with Gasteiger partial charge in [0.05, 0.1) is 5.71 Å². The van der Waals surface area contributed by atoms with Crippen molar-refractivity contribution in [3.05, 3.63) is 0 Å². The molecule has 0 unspecified atom stereocenters. The molecule has 0 aliphatic carbocycles. The van der Waals surface area contributed by atoms with Gasteiger partial charge in [0.15, 0.2) is 0 Å². The van der Waals surface area contributed by atoms with Crippen molar-refractivity contribution in [1.29, 1.82) is 5.41 Å². The van der Waals surface area contributed by atoms with Gasteiger partial charge in [-0.1, -0.05) is 6.92 Å². The van der Waals surface area contributed by atoms with Gasteiger partial charge in [-0.2, -0.15) is 0 Å². The first-order valence-electron chi connectivity index (χ1n) is 2.51. The van der Waals surface area contributed by atoms with Crippen LogP contribution in [0.15, 0.2) is 0 Å². The molecule has 0 aliphatic heterocycles. The Morgan fingerprint density at radius 1 is 1.75 bits per heavy atom.